The number of halogens is 2. The normalized spacial score (nSPS) is 19.3. The summed E-state index contributed by atoms with van der Waals surface area (Å²) in [5, 5.41) is 0. The number of pyridine rings is 1. The Hall–Kier alpha value is -0.510. The van der Waals surface area contributed by atoms with Gasteiger partial charge in [0, 0.05) is 12.2 Å². The molecule has 0 amide bonds. The van der Waals surface area contributed by atoms with Crippen LogP contribution < -0.4 is 4.74 Å². The molecule has 1 aromatic rings. The van der Waals surface area contributed by atoms with Crippen LogP contribution in [0.2, 0.25) is 0 Å². The van der Waals surface area contributed by atoms with E-state index in [1.165, 1.54) is 19.4 Å². The van der Waals surface area contributed by atoms with Crippen molar-refractivity contribution in [1.29, 1.82) is 0 Å². The highest BCUT2D eigenvalue weighted by atomic mass is 35.5. The van der Waals surface area contributed by atoms with Gasteiger partial charge in [-0.05, 0) is 45.0 Å². The predicted molar refractivity (Wildman–Crippen MR) is 74.6 cm³/mol. The van der Waals surface area contributed by atoms with Gasteiger partial charge in [-0.2, -0.15) is 0 Å². The lowest BCUT2D eigenvalue weighted by molar-refractivity contribution is 0.197. The smallest absolute Gasteiger partial charge is 0.140 e. The molecule has 5 heteroatoms. The Morgan fingerprint density at radius 1 is 1.47 bits per heavy atom. The summed E-state index contributed by atoms with van der Waals surface area (Å²) in [5.74, 6) is 0.915. The molecule has 1 aliphatic heterocycles. The number of aromatic nitrogens is 1. The van der Waals surface area contributed by atoms with E-state index in [0.717, 1.165) is 17.9 Å². The Labute approximate surface area is 115 Å². The highest BCUT2D eigenvalue weighted by Crippen LogP contribution is 2.19. The third-order valence-corrected chi connectivity index (χ3v) is 3.09. The topological polar surface area (TPSA) is 25.4 Å². The maximum absolute atomic E-state index is 5.79. The molecule has 1 saturated heterocycles. The van der Waals surface area contributed by atoms with Gasteiger partial charge in [0.15, 0.2) is 0 Å². The van der Waals surface area contributed by atoms with Crippen LogP contribution in [0.5, 0.6) is 5.75 Å². The van der Waals surface area contributed by atoms with Crippen LogP contribution in [0.4, 0.5) is 0 Å². The lowest BCUT2D eigenvalue weighted by Gasteiger charge is -2.20. The molecule has 0 radical (unpaired) electrons. The molecular weight excluding hydrogens is 259 g/mol. The Kier molecular flexibility index (Phi) is 7.51. The fourth-order valence-electron chi connectivity index (χ4n) is 1.98. The highest BCUT2D eigenvalue weighted by Gasteiger charge is 2.21. The third kappa shape index (κ3) is 4.34. The van der Waals surface area contributed by atoms with Crippen molar-refractivity contribution in [2.45, 2.75) is 25.8 Å². The van der Waals surface area contributed by atoms with Crippen LogP contribution in [0, 0.1) is 6.92 Å². The zero-order valence-electron chi connectivity index (χ0n) is 10.3. The van der Waals surface area contributed by atoms with Crippen molar-refractivity contribution >= 4 is 24.8 Å². The van der Waals surface area contributed by atoms with Crippen LogP contribution in [0.15, 0.2) is 18.5 Å². The molecule has 1 aliphatic rings. The third-order valence-electron chi connectivity index (χ3n) is 3.09. The molecule has 17 heavy (non-hydrogen) atoms. The fourth-order valence-corrected chi connectivity index (χ4v) is 1.98. The number of ether oxygens (including phenoxy) is 1. The molecule has 98 valence electrons. The molecule has 0 aliphatic carbocycles. The summed E-state index contributed by atoms with van der Waals surface area (Å²) in [6, 6.07) is 2.55. The summed E-state index contributed by atoms with van der Waals surface area (Å²) < 4.78 is 5.79. The lowest BCUT2D eigenvalue weighted by Crippen LogP contribution is -2.30. The number of aryl methyl sites for hydroxylation is 1. The largest absolute Gasteiger partial charge is 0.490 e. The quantitative estimate of drug-likeness (QED) is 0.850. The molecule has 3 nitrogen and oxygen atoms in total. The van der Waals surface area contributed by atoms with E-state index in [1.54, 1.807) is 12.4 Å². The number of nitrogens with zero attached hydrogens (tertiary/aromatic N) is 2. The minimum Gasteiger partial charge on any atom is -0.490 e. The lowest BCUT2D eigenvalue weighted by atomic mass is 10.2. The summed E-state index contributed by atoms with van der Waals surface area (Å²) in [7, 11) is 2.16. The van der Waals surface area contributed by atoms with Crippen LogP contribution in [0.1, 0.15) is 18.4 Å². The first-order chi connectivity index (χ1) is 7.27. The fraction of sp³-hybridized carbons (Fsp3) is 0.583. The molecule has 1 aromatic heterocycles. The first-order valence-electron chi connectivity index (χ1n) is 5.51. The molecule has 0 aromatic carbocycles. The van der Waals surface area contributed by atoms with E-state index in [0.29, 0.717) is 6.04 Å². The summed E-state index contributed by atoms with van der Waals surface area (Å²) >= 11 is 0. The van der Waals surface area contributed by atoms with Gasteiger partial charge in [-0.25, -0.2) is 0 Å². The van der Waals surface area contributed by atoms with E-state index in [-0.39, 0.29) is 24.8 Å². The summed E-state index contributed by atoms with van der Waals surface area (Å²) in [6.07, 6.45) is 6.13. The first-order valence-corrected chi connectivity index (χ1v) is 5.51. The van der Waals surface area contributed by atoms with Crippen molar-refractivity contribution in [1.82, 2.24) is 9.88 Å². The second-order valence-electron chi connectivity index (χ2n) is 4.23. The molecule has 1 fully saturated rings. The minimum absolute atomic E-state index is 0. The van der Waals surface area contributed by atoms with Crippen molar-refractivity contribution in [3.63, 3.8) is 0 Å². The average molecular weight is 279 g/mol. The Bertz CT molecular complexity index is 336. The summed E-state index contributed by atoms with van der Waals surface area (Å²) in [4.78, 5) is 6.44. The molecule has 0 N–H and O–H groups in total. The van der Waals surface area contributed by atoms with Gasteiger partial charge >= 0.3 is 0 Å². The Balaban J connectivity index is 0.00000128. The van der Waals surface area contributed by atoms with Gasteiger partial charge < -0.3 is 9.64 Å². The molecular formula is C12H20Cl2N2O. The van der Waals surface area contributed by atoms with E-state index in [9.17, 15) is 0 Å². The Morgan fingerprint density at radius 2 is 2.24 bits per heavy atom. The van der Waals surface area contributed by atoms with Gasteiger partial charge in [-0.1, -0.05) is 0 Å². The summed E-state index contributed by atoms with van der Waals surface area (Å²) in [6.45, 7) is 4.03. The predicted octanol–water partition coefficient (Wildman–Crippen LogP) is 2.71. The first kappa shape index (κ1) is 16.5. The van der Waals surface area contributed by atoms with E-state index in [2.05, 4.69) is 23.9 Å². The minimum atomic E-state index is 0. The summed E-state index contributed by atoms with van der Waals surface area (Å²) in [5.41, 5.74) is 1.16. The number of likely N-dealkylation sites (N-methyl/N-ethyl adjacent to an activating group) is 1. The van der Waals surface area contributed by atoms with E-state index >= 15 is 0 Å². The average Bonchev–Trinajstić information content (AvgIpc) is 2.63. The van der Waals surface area contributed by atoms with Crippen LogP contribution in [-0.4, -0.2) is 36.1 Å². The standard InChI is InChI=1S/C12H18N2O.2ClH/c1-10-5-6-13-8-12(10)15-9-11-4-3-7-14(11)2;;/h5-6,8,11H,3-4,7,9H2,1-2H3;2*1H/t11-;;/m0../s1. The monoisotopic (exact) mass is 278 g/mol. The molecule has 1 atom stereocenters. The van der Waals surface area contributed by atoms with Crippen molar-refractivity contribution in [2.24, 2.45) is 0 Å². The van der Waals surface area contributed by atoms with Gasteiger partial charge in [0.05, 0.1) is 6.20 Å². The number of hydrogen-bond acceptors (Lipinski definition) is 3. The van der Waals surface area contributed by atoms with Crippen molar-refractivity contribution in [3.05, 3.63) is 24.0 Å². The number of likely N-dealkylation sites (tertiary alicyclic amines) is 1. The molecule has 0 unspecified atom stereocenters. The van der Waals surface area contributed by atoms with E-state index in [4.69, 9.17) is 4.74 Å². The van der Waals surface area contributed by atoms with Gasteiger partial charge in [0.1, 0.15) is 12.4 Å². The zero-order chi connectivity index (χ0) is 10.7. The second-order valence-corrected chi connectivity index (χ2v) is 4.23. The van der Waals surface area contributed by atoms with Crippen molar-refractivity contribution in [3.8, 4) is 5.75 Å². The molecule has 2 heterocycles. The van der Waals surface area contributed by atoms with Crippen LogP contribution in [0.25, 0.3) is 0 Å². The van der Waals surface area contributed by atoms with Crippen molar-refractivity contribution in [2.75, 3.05) is 20.2 Å². The van der Waals surface area contributed by atoms with Crippen molar-refractivity contribution < 1.29 is 4.74 Å². The van der Waals surface area contributed by atoms with Gasteiger partial charge in [0.2, 0.25) is 0 Å². The second kappa shape index (κ2) is 7.75. The zero-order valence-corrected chi connectivity index (χ0v) is 11.9. The van der Waals surface area contributed by atoms with Crippen LogP contribution in [0.3, 0.4) is 0 Å². The van der Waals surface area contributed by atoms with Gasteiger partial charge in [0.25, 0.3) is 0 Å². The maximum atomic E-state index is 5.79. The molecule has 0 bridgehead atoms. The Morgan fingerprint density at radius 3 is 2.82 bits per heavy atom. The SMILES string of the molecule is Cc1ccncc1OC[C@@H]1CCCN1C.Cl.Cl. The van der Waals surface area contributed by atoms with Crippen LogP contribution in [-0.2, 0) is 0 Å². The highest BCUT2D eigenvalue weighted by molar-refractivity contribution is 5.85. The van der Waals surface area contributed by atoms with Gasteiger partial charge in [-0.3, -0.25) is 4.98 Å². The van der Waals surface area contributed by atoms with Gasteiger partial charge in [-0.15, -0.1) is 24.8 Å². The molecule has 0 saturated carbocycles. The van der Waals surface area contributed by atoms with E-state index < -0.39 is 0 Å². The molecule has 2 rings (SSSR count). The van der Waals surface area contributed by atoms with E-state index in [1.807, 2.05) is 6.07 Å². The number of hydrogen-bond donors (Lipinski definition) is 0. The number of rotatable bonds is 3. The van der Waals surface area contributed by atoms with Crippen LogP contribution >= 0.6 is 24.8 Å². The molecule has 0 spiro atoms. The maximum Gasteiger partial charge on any atom is 0.140 e.